The van der Waals surface area contributed by atoms with Crippen LogP contribution in [0.5, 0.6) is 0 Å². The Kier molecular flexibility index (Phi) is 3.26. The molecule has 0 fully saturated rings. The minimum atomic E-state index is 0.457. The number of rotatable bonds is 3. The van der Waals surface area contributed by atoms with Crippen molar-refractivity contribution in [3.05, 3.63) is 41.1 Å². The van der Waals surface area contributed by atoms with E-state index >= 15 is 0 Å². The van der Waals surface area contributed by atoms with Crippen LogP contribution in [0.3, 0.4) is 0 Å². The summed E-state index contributed by atoms with van der Waals surface area (Å²) in [7, 11) is 2.02. The molecule has 2 heterocycles. The smallest absolute Gasteiger partial charge is 0.134 e. The molecule has 0 radical (unpaired) electrons. The summed E-state index contributed by atoms with van der Waals surface area (Å²) in [4.78, 5) is 2.42. The lowest BCUT2D eigenvalue weighted by Gasteiger charge is -2.26. The predicted molar refractivity (Wildman–Crippen MR) is 82.5 cm³/mol. The molecule has 106 valence electrons. The summed E-state index contributed by atoms with van der Waals surface area (Å²) in [5, 5.41) is 4.60. The number of hydrogen-bond donors (Lipinski definition) is 1. The third-order valence-electron chi connectivity index (χ3n) is 4.14. The molecule has 0 bridgehead atoms. The van der Waals surface area contributed by atoms with Crippen molar-refractivity contribution in [2.45, 2.75) is 32.7 Å². The summed E-state index contributed by atoms with van der Waals surface area (Å²) >= 11 is 0. The summed E-state index contributed by atoms with van der Waals surface area (Å²) in [6.45, 7) is 5.00. The van der Waals surface area contributed by atoms with Gasteiger partial charge in [-0.25, -0.2) is 0 Å². The van der Waals surface area contributed by atoms with Crippen LogP contribution in [-0.2, 0) is 19.9 Å². The van der Waals surface area contributed by atoms with Crippen molar-refractivity contribution in [3.63, 3.8) is 0 Å². The number of para-hydroxylation sites is 1. The zero-order chi connectivity index (χ0) is 14.3. The van der Waals surface area contributed by atoms with Gasteiger partial charge < -0.3 is 10.6 Å². The quantitative estimate of drug-likeness (QED) is 0.931. The number of benzene rings is 1. The first-order valence-electron chi connectivity index (χ1n) is 7.23. The van der Waals surface area contributed by atoms with Crippen molar-refractivity contribution in [2.75, 3.05) is 11.4 Å². The second kappa shape index (κ2) is 4.94. The van der Waals surface area contributed by atoms with E-state index in [2.05, 4.69) is 48.1 Å². The molecule has 0 aliphatic carbocycles. The van der Waals surface area contributed by atoms with Crippen LogP contribution in [0.1, 0.15) is 23.7 Å². The molecule has 1 aliphatic heterocycles. The molecule has 20 heavy (non-hydrogen) atoms. The Balaban J connectivity index is 2.14. The molecule has 1 atom stereocenters. The largest absolute Gasteiger partial charge is 0.330 e. The molecule has 0 saturated heterocycles. The van der Waals surface area contributed by atoms with Gasteiger partial charge in [0.1, 0.15) is 5.82 Å². The number of fused-ring (bicyclic) bond motifs is 1. The highest BCUT2D eigenvalue weighted by molar-refractivity contribution is 5.71. The average Bonchev–Trinajstić information content (AvgIpc) is 2.87. The minimum Gasteiger partial charge on any atom is -0.330 e. The van der Waals surface area contributed by atoms with Gasteiger partial charge in [-0.3, -0.25) is 4.68 Å². The van der Waals surface area contributed by atoms with Crippen LogP contribution in [0.15, 0.2) is 24.3 Å². The van der Waals surface area contributed by atoms with Crippen molar-refractivity contribution < 1.29 is 0 Å². The van der Waals surface area contributed by atoms with Gasteiger partial charge >= 0.3 is 0 Å². The van der Waals surface area contributed by atoms with Crippen LogP contribution < -0.4 is 10.6 Å². The van der Waals surface area contributed by atoms with E-state index in [9.17, 15) is 0 Å². The molecule has 1 unspecified atom stereocenters. The lowest BCUT2D eigenvalue weighted by molar-refractivity contribution is 0.692. The zero-order valence-electron chi connectivity index (χ0n) is 12.4. The van der Waals surface area contributed by atoms with E-state index in [4.69, 9.17) is 5.73 Å². The molecule has 0 spiro atoms. The maximum Gasteiger partial charge on any atom is 0.134 e. The third-order valence-corrected chi connectivity index (χ3v) is 4.14. The Morgan fingerprint density at radius 3 is 2.85 bits per heavy atom. The Morgan fingerprint density at radius 2 is 2.10 bits per heavy atom. The molecule has 1 aromatic heterocycles. The summed E-state index contributed by atoms with van der Waals surface area (Å²) in [5.41, 5.74) is 10.9. The van der Waals surface area contributed by atoms with Gasteiger partial charge in [0.15, 0.2) is 0 Å². The minimum absolute atomic E-state index is 0.457. The number of hydrogen-bond acceptors (Lipinski definition) is 3. The van der Waals surface area contributed by atoms with E-state index in [0.29, 0.717) is 12.6 Å². The Morgan fingerprint density at radius 1 is 1.35 bits per heavy atom. The van der Waals surface area contributed by atoms with Crippen molar-refractivity contribution in [1.29, 1.82) is 0 Å². The summed E-state index contributed by atoms with van der Waals surface area (Å²) in [5.74, 6) is 1.20. The molecule has 0 amide bonds. The molecule has 0 saturated carbocycles. The lowest BCUT2D eigenvalue weighted by atomic mass is 10.1. The highest BCUT2D eigenvalue weighted by Crippen LogP contribution is 2.40. The van der Waals surface area contributed by atoms with E-state index in [0.717, 1.165) is 18.5 Å². The Labute approximate surface area is 120 Å². The van der Waals surface area contributed by atoms with E-state index in [1.807, 2.05) is 11.7 Å². The third kappa shape index (κ3) is 1.91. The van der Waals surface area contributed by atoms with E-state index in [1.165, 1.54) is 22.6 Å². The molecular formula is C16H22N4. The fourth-order valence-corrected chi connectivity index (χ4v) is 3.32. The number of nitrogens with two attached hydrogens (primary N) is 1. The second-order valence-corrected chi connectivity index (χ2v) is 5.60. The molecule has 4 heteroatoms. The predicted octanol–water partition coefficient (Wildman–Crippen LogP) is 2.31. The van der Waals surface area contributed by atoms with Crippen molar-refractivity contribution in [3.8, 4) is 0 Å². The fraction of sp³-hybridized carbons (Fsp3) is 0.438. The van der Waals surface area contributed by atoms with Gasteiger partial charge in [0.05, 0.1) is 5.69 Å². The Hall–Kier alpha value is -1.81. The van der Waals surface area contributed by atoms with E-state index in [1.54, 1.807) is 0 Å². The number of aryl methyl sites for hydroxylation is 2. The maximum atomic E-state index is 5.78. The molecule has 2 aromatic rings. The van der Waals surface area contributed by atoms with E-state index in [-0.39, 0.29) is 0 Å². The van der Waals surface area contributed by atoms with Crippen LogP contribution in [0.4, 0.5) is 11.5 Å². The van der Waals surface area contributed by atoms with Gasteiger partial charge in [-0.1, -0.05) is 18.2 Å². The van der Waals surface area contributed by atoms with Crippen molar-refractivity contribution in [1.82, 2.24) is 9.78 Å². The highest BCUT2D eigenvalue weighted by atomic mass is 15.4. The van der Waals surface area contributed by atoms with Crippen molar-refractivity contribution >= 4 is 11.5 Å². The molecular weight excluding hydrogens is 248 g/mol. The fourth-order valence-electron chi connectivity index (χ4n) is 3.32. The van der Waals surface area contributed by atoms with Gasteiger partial charge in [0.2, 0.25) is 0 Å². The first kappa shape index (κ1) is 13.2. The highest BCUT2D eigenvalue weighted by Gasteiger charge is 2.31. The lowest BCUT2D eigenvalue weighted by Crippen LogP contribution is -2.27. The zero-order valence-corrected chi connectivity index (χ0v) is 12.4. The molecule has 2 N–H and O–H groups in total. The number of anilines is 2. The van der Waals surface area contributed by atoms with E-state index < -0.39 is 0 Å². The molecule has 1 aliphatic rings. The summed E-state index contributed by atoms with van der Waals surface area (Å²) in [6, 6.07) is 9.10. The van der Waals surface area contributed by atoms with Gasteiger partial charge in [-0.2, -0.15) is 5.10 Å². The van der Waals surface area contributed by atoms with Gasteiger partial charge in [0, 0.05) is 24.3 Å². The maximum absolute atomic E-state index is 5.78. The topological polar surface area (TPSA) is 47.1 Å². The average molecular weight is 270 g/mol. The second-order valence-electron chi connectivity index (χ2n) is 5.60. The van der Waals surface area contributed by atoms with Crippen LogP contribution in [0.2, 0.25) is 0 Å². The monoisotopic (exact) mass is 270 g/mol. The van der Waals surface area contributed by atoms with Crippen molar-refractivity contribution in [2.24, 2.45) is 12.8 Å². The normalized spacial score (nSPS) is 17.6. The standard InChI is InChI=1S/C16H22N4/c1-11-10-13-6-4-5-7-15(13)20(11)16-14(8-9-17)12(2)18-19(16)3/h4-7,11H,8-10,17H2,1-3H3. The molecule has 4 nitrogen and oxygen atoms in total. The van der Waals surface area contributed by atoms with Gasteiger partial charge in [-0.05, 0) is 44.9 Å². The van der Waals surface area contributed by atoms with Crippen LogP contribution in [0, 0.1) is 6.92 Å². The SMILES string of the molecule is Cc1nn(C)c(N2c3ccccc3CC2C)c1CCN. The Bertz CT molecular complexity index is 629. The van der Waals surface area contributed by atoms with Crippen LogP contribution >= 0.6 is 0 Å². The number of aromatic nitrogens is 2. The molecule has 1 aromatic carbocycles. The van der Waals surface area contributed by atoms with Crippen LogP contribution in [0.25, 0.3) is 0 Å². The summed E-state index contributed by atoms with van der Waals surface area (Å²) in [6.07, 6.45) is 1.96. The first-order chi connectivity index (χ1) is 9.63. The van der Waals surface area contributed by atoms with Gasteiger partial charge in [-0.15, -0.1) is 0 Å². The van der Waals surface area contributed by atoms with Crippen LogP contribution in [-0.4, -0.2) is 22.4 Å². The first-order valence-corrected chi connectivity index (χ1v) is 7.23. The number of nitrogens with zero attached hydrogens (tertiary/aromatic N) is 3. The summed E-state index contributed by atoms with van der Waals surface area (Å²) < 4.78 is 2.00. The van der Waals surface area contributed by atoms with Gasteiger partial charge in [0.25, 0.3) is 0 Å². The molecule has 3 rings (SSSR count).